The first-order chi connectivity index (χ1) is 9.75. The van der Waals surface area contributed by atoms with Gasteiger partial charge in [0.15, 0.2) is 0 Å². The Morgan fingerprint density at radius 1 is 1.45 bits per heavy atom. The van der Waals surface area contributed by atoms with Crippen molar-refractivity contribution in [2.75, 3.05) is 26.2 Å². The molecule has 6 heteroatoms. The van der Waals surface area contributed by atoms with Crippen LogP contribution in [-0.4, -0.2) is 43.2 Å². The molecule has 0 aromatic carbocycles. The number of nitrogens with one attached hydrogen (secondary N) is 2. The number of aromatic nitrogens is 1. The van der Waals surface area contributed by atoms with Crippen LogP contribution in [0, 0.1) is 5.82 Å². The van der Waals surface area contributed by atoms with E-state index in [4.69, 9.17) is 4.74 Å². The normalized spacial score (nSPS) is 16.1. The molecule has 0 aliphatic carbocycles. The number of pyridine rings is 1. The highest BCUT2D eigenvalue weighted by Gasteiger charge is 2.12. The summed E-state index contributed by atoms with van der Waals surface area (Å²) in [5.41, 5.74) is 0.227. The van der Waals surface area contributed by atoms with Crippen molar-refractivity contribution >= 4 is 5.91 Å². The van der Waals surface area contributed by atoms with Gasteiger partial charge in [0, 0.05) is 13.2 Å². The van der Waals surface area contributed by atoms with E-state index in [1.54, 1.807) is 0 Å². The number of hydrogen-bond donors (Lipinski definition) is 2. The van der Waals surface area contributed by atoms with Crippen molar-refractivity contribution in [3.05, 3.63) is 29.8 Å². The van der Waals surface area contributed by atoms with Crippen LogP contribution < -0.4 is 10.6 Å². The lowest BCUT2D eigenvalue weighted by molar-refractivity contribution is 0.0317. The van der Waals surface area contributed by atoms with E-state index in [0.717, 1.165) is 38.5 Å². The molecular formula is C14H20FN3O2. The Kier molecular flexibility index (Phi) is 5.88. The minimum absolute atomic E-state index is 0.227. The zero-order valence-corrected chi connectivity index (χ0v) is 11.4. The largest absolute Gasteiger partial charge is 0.378 e. The number of hydrogen-bond acceptors (Lipinski definition) is 4. The molecule has 2 N–H and O–H groups in total. The Morgan fingerprint density at radius 3 is 2.95 bits per heavy atom. The lowest BCUT2D eigenvalue weighted by atomic mass is 10.1. The van der Waals surface area contributed by atoms with E-state index in [1.807, 2.05) is 0 Å². The molecule has 0 unspecified atom stereocenters. The van der Waals surface area contributed by atoms with Crippen LogP contribution in [0.25, 0.3) is 0 Å². The molecule has 110 valence electrons. The van der Waals surface area contributed by atoms with Crippen LogP contribution in [0.2, 0.25) is 0 Å². The lowest BCUT2D eigenvalue weighted by Gasteiger charge is -2.22. The van der Waals surface area contributed by atoms with E-state index in [0.29, 0.717) is 19.3 Å². The highest BCUT2D eigenvalue weighted by atomic mass is 19.1. The summed E-state index contributed by atoms with van der Waals surface area (Å²) in [5, 5.41) is 6.02. The minimum Gasteiger partial charge on any atom is -0.378 e. The molecule has 1 fully saturated rings. The maximum Gasteiger partial charge on any atom is 0.269 e. The quantitative estimate of drug-likeness (QED) is 0.767. The van der Waals surface area contributed by atoms with Crippen molar-refractivity contribution in [2.24, 2.45) is 0 Å². The Hall–Kier alpha value is -1.53. The number of nitrogens with zero attached hydrogens (tertiary/aromatic N) is 1. The Morgan fingerprint density at radius 2 is 2.25 bits per heavy atom. The molecule has 0 bridgehead atoms. The first-order valence-corrected chi connectivity index (χ1v) is 6.98. The maximum absolute atomic E-state index is 12.7. The number of ether oxygens (including phenoxy) is 1. The predicted molar refractivity (Wildman–Crippen MR) is 73.0 cm³/mol. The summed E-state index contributed by atoms with van der Waals surface area (Å²) in [6, 6.07) is 2.60. The smallest absolute Gasteiger partial charge is 0.269 e. The number of halogens is 1. The molecule has 1 aromatic rings. The molecule has 1 saturated heterocycles. The summed E-state index contributed by atoms with van der Waals surface area (Å²) in [6.45, 7) is 3.19. The summed E-state index contributed by atoms with van der Waals surface area (Å²) in [6.07, 6.45) is 4.23. The average Bonchev–Trinajstić information content (AvgIpc) is 2.48. The number of piperidine rings is 1. The molecule has 1 aliphatic rings. The third-order valence-corrected chi connectivity index (χ3v) is 3.21. The first-order valence-electron chi connectivity index (χ1n) is 6.98. The van der Waals surface area contributed by atoms with Crippen LogP contribution in [-0.2, 0) is 4.74 Å². The van der Waals surface area contributed by atoms with Gasteiger partial charge >= 0.3 is 0 Å². The average molecular weight is 281 g/mol. The van der Waals surface area contributed by atoms with E-state index >= 15 is 0 Å². The maximum atomic E-state index is 12.7. The standard InChI is InChI=1S/C14H20FN3O2/c15-11-2-3-13(18-10-11)14(19)17-6-1-9-20-12-4-7-16-8-5-12/h2-3,10,12,16H,1,4-9H2,(H,17,19). The molecule has 2 heterocycles. The van der Waals surface area contributed by atoms with E-state index < -0.39 is 5.82 Å². The fraction of sp³-hybridized carbons (Fsp3) is 0.571. The molecule has 1 aromatic heterocycles. The third-order valence-electron chi connectivity index (χ3n) is 3.21. The van der Waals surface area contributed by atoms with Gasteiger partial charge in [-0.15, -0.1) is 0 Å². The van der Waals surface area contributed by atoms with Gasteiger partial charge in [-0.3, -0.25) is 4.79 Å². The number of amides is 1. The van der Waals surface area contributed by atoms with Crippen LogP contribution in [0.4, 0.5) is 4.39 Å². The monoisotopic (exact) mass is 281 g/mol. The highest BCUT2D eigenvalue weighted by Crippen LogP contribution is 2.07. The number of rotatable bonds is 6. The summed E-state index contributed by atoms with van der Waals surface area (Å²) < 4.78 is 18.4. The number of carbonyl (C=O) groups is 1. The topological polar surface area (TPSA) is 63.2 Å². The molecular weight excluding hydrogens is 261 g/mol. The van der Waals surface area contributed by atoms with Gasteiger partial charge in [-0.2, -0.15) is 0 Å². The molecule has 5 nitrogen and oxygen atoms in total. The van der Waals surface area contributed by atoms with Crippen molar-refractivity contribution in [2.45, 2.75) is 25.4 Å². The fourth-order valence-electron chi connectivity index (χ4n) is 2.09. The first kappa shape index (κ1) is 14.9. The van der Waals surface area contributed by atoms with Crippen molar-refractivity contribution in [1.29, 1.82) is 0 Å². The molecule has 0 spiro atoms. The summed E-state index contributed by atoms with van der Waals surface area (Å²) in [4.78, 5) is 15.4. The van der Waals surface area contributed by atoms with Crippen molar-refractivity contribution in [3.8, 4) is 0 Å². The highest BCUT2D eigenvalue weighted by molar-refractivity contribution is 5.92. The summed E-state index contributed by atoms with van der Waals surface area (Å²) in [7, 11) is 0. The van der Waals surface area contributed by atoms with E-state index in [9.17, 15) is 9.18 Å². The minimum atomic E-state index is -0.447. The van der Waals surface area contributed by atoms with Gasteiger partial charge in [0.05, 0.1) is 12.3 Å². The SMILES string of the molecule is O=C(NCCCOC1CCNCC1)c1ccc(F)cn1. The second kappa shape index (κ2) is 7.91. The molecule has 1 aliphatic heterocycles. The van der Waals surface area contributed by atoms with Crippen LogP contribution in [0.3, 0.4) is 0 Å². The van der Waals surface area contributed by atoms with Crippen molar-refractivity contribution < 1.29 is 13.9 Å². The molecule has 0 saturated carbocycles. The van der Waals surface area contributed by atoms with Crippen LogP contribution in [0.15, 0.2) is 18.3 Å². The zero-order chi connectivity index (χ0) is 14.2. The van der Waals surface area contributed by atoms with Crippen molar-refractivity contribution in [1.82, 2.24) is 15.6 Å². The van der Waals surface area contributed by atoms with E-state index in [2.05, 4.69) is 15.6 Å². The summed E-state index contributed by atoms with van der Waals surface area (Å²) in [5.74, 6) is -0.733. The second-order valence-electron chi connectivity index (χ2n) is 4.79. The van der Waals surface area contributed by atoms with Crippen LogP contribution in [0.1, 0.15) is 29.8 Å². The Bertz CT molecular complexity index is 419. The molecule has 0 radical (unpaired) electrons. The van der Waals surface area contributed by atoms with Gasteiger partial charge in [-0.25, -0.2) is 9.37 Å². The predicted octanol–water partition coefficient (Wildman–Crippen LogP) is 1.11. The molecule has 2 rings (SSSR count). The van der Waals surface area contributed by atoms with Gasteiger partial charge in [0.2, 0.25) is 0 Å². The Labute approximate surface area is 117 Å². The van der Waals surface area contributed by atoms with Gasteiger partial charge in [-0.1, -0.05) is 0 Å². The summed E-state index contributed by atoms with van der Waals surface area (Å²) >= 11 is 0. The lowest BCUT2D eigenvalue weighted by Crippen LogP contribution is -2.33. The molecule has 20 heavy (non-hydrogen) atoms. The Balaban J connectivity index is 1.58. The third kappa shape index (κ3) is 4.86. The van der Waals surface area contributed by atoms with E-state index in [-0.39, 0.29) is 11.6 Å². The van der Waals surface area contributed by atoms with E-state index in [1.165, 1.54) is 12.1 Å². The fourth-order valence-corrected chi connectivity index (χ4v) is 2.09. The van der Waals surface area contributed by atoms with Crippen molar-refractivity contribution in [3.63, 3.8) is 0 Å². The molecule has 1 amide bonds. The second-order valence-corrected chi connectivity index (χ2v) is 4.79. The molecule has 0 atom stereocenters. The van der Waals surface area contributed by atoms with Gasteiger partial charge in [0.1, 0.15) is 11.5 Å². The van der Waals surface area contributed by atoms with Gasteiger partial charge < -0.3 is 15.4 Å². The van der Waals surface area contributed by atoms with Crippen LogP contribution >= 0.6 is 0 Å². The van der Waals surface area contributed by atoms with Gasteiger partial charge in [0.25, 0.3) is 5.91 Å². The zero-order valence-electron chi connectivity index (χ0n) is 11.4. The van der Waals surface area contributed by atoms with Gasteiger partial charge in [-0.05, 0) is 44.5 Å². The van der Waals surface area contributed by atoms with Crippen LogP contribution in [0.5, 0.6) is 0 Å². The number of carbonyl (C=O) groups excluding carboxylic acids is 1.